The molecule has 0 fully saturated rings. The van der Waals surface area contributed by atoms with Crippen molar-refractivity contribution in [3.8, 4) is 0 Å². The molecule has 0 aliphatic rings. The van der Waals surface area contributed by atoms with Crippen LogP contribution in [0.5, 0.6) is 0 Å². The van der Waals surface area contributed by atoms with Gasteiger partial charge in [0.15, 0.2) is 5.65 Å². The number of aryl methyl sites for hydroxylation is 2. The number of hydrogen-bond donors (Lipinski definition) is 0. The molecule has 0 aliphatic carbocycles. The number of fused-ring (bicyclic) bond motifs is 3. The zero-order valence-corrected chi connectivity index (χ0v) is 19.5. The van der Waals surface area contributed by atoms with Gasteiger partial charge in [-0.2, -0.15) is 10.2 Å². The van der Waals surface area contributed by atoms with Crippen LogP contribution in [0.4, 0.5) is 5.82 Å². The fraction of sp³-hybridized carbons (Fsp3) is 0.318. The first-order chi connectivity index (χ1) is 15.3. The van der Waals surface area contributed by atoms with Crippen molar-refractivity contribution in [2.75, 3.05) is 19.0 Å². The largest absolute Gasteiger partial charge is 0.363 e. The third-order valence-electron chi connectivity index (χ3n) is 5.65. The summed E-state index contributed by atoms with van der Waals surface area (Å²) in [7, 11) is 7.70. The molecule has 5 aromatic heterocycles. The summed E-state index contributed by atoms with van der Waals surface area (Å²) in [5, 5.41) is 10.6. The van der Waals surface area contributed by atoms with Crippen LogP contribution in [0.2, 0.25) is 0 Å². The van der Waals surface area contributed by atoms with Crippen LogP contribution in [0.15, 0.2) is 41.5 Å². The van der Waals surface area contributed by atoms with Crippen molar-refractivity contribution in [3.63, 3.8) is 0 Å². The highest BCUT2D eigenvalue weighted by molar-refractivity contribution is 7.19. The van der Waals surface area contributed by atoms with Gasteiger partial charge in [-0.05, 0) is 18.2 Å². The van der Waals surface area contributed by atoms with Crippen molar-refractivity contribution in [3.05, 3.63) is 63.4 Å². The SMILES string of the molecule is CC(c1cccc(N(C)C)n1)c1nc2c(s1)c1cnn(Cc3ccn(C)n3)c(=O)c1n2C. The molecule has 5 heterocycles. The lowest BCUT2D eigenvalue weighted by atomic mass is 10.1. The minimum absolute atomic E-state index is 0.0415. The molecule has 0 radical (unpaired) electrons. The highest BCUT2D eigenvalue weighted by Gasteiger charge is 2.22. The molecule has 0 saturated heterocycles. The molecule has 1 unspecified atom stereocenters. The van der Waals surface area contributed by atoms with E-state index >= 15 is 0 Å². The van der Waals surface area contributed by atoms with Crippen LogP contribution < -0.4 is 10.5 Å². The molecule has 0 N–H and O–H groups in total. The van der Waals surface area contributed by atoms with Gasteiger partial charge in [-0.1, -0.05) is 13.0 Å². The molecule has 0 bridgehead atoms. The molecule has 0 saturated carbocycles. The van der Waals surface area contributed by atoms with Crippen molar-refractivity contribution < 1.29 is 0 Å². The normalized spacial score (nSPS) is 12.7. The maximum Gasteiger partial charge on any atom is 0.291 e. The van der Waals surface area contributed by atoms with Crippen LogP contribution in [0.25, 0.3) is 21.3 Å². The van der Waals surface area contributed by atoms with Gasteiger partial charge in [0.2, 0.25) is 0 Å². The van der Waals surface area contributed by atoms with Crippen molar-refractivity contribution in [1.82, 2.24) is 34.1 Å². The van der Waals surface area contributed by atoms with Gasteiger partial charge >= 0.3 is 0 Å². The summed E-state index contributed by atoms with van der Waals surface area (Å²) in [6.07, 6.45) is 3.62. The van der Waals surface area contributed by atoms with Crippen LogP contribution in [-0.4, -0.2) is 48.2 Å². The Morgan fingerprint density at radius 2 is 1.97 bits per heavy atom. The molecule has 0 amide bonds. The first-order valence-electron chi connectivity index (χ1n) is 10.3. The molecule has 9 nitrogen and oxygen atoms in total. The van der Waals surface area contributed by atoms with Gasteiger partial charge in [0, 0.05) is 39.8 Å². The summed E-state index contributed by atoms with van der Waals surface area (Å²) in [5.74, 6) is 0.957. The maximum absolute atomic E-state index is 13.2. The molecule has 0 aromatic carbocycles. The Kier molecular flexibility index (Phi) is 4.81. The van der Waals surface area contributed by atoms with E-state index in [0.717, 1.165) is 37.9 Å². The van der Waals surface area contributed by atoms with E-state index in [1.807, 2.05) is 68.1 Å². The van der Waals surface area contributed by atoms with Gasteiger partial charge in [0.05, 0.1) is 34.7 Å². The Labute approximate surface area is 188 Å². The molecule has 5 aromatic rings. The lowest BCUT2D eigenvalue weighted by Gasteiger charge is -2.14. The third-order valence-corrected chi connectivity index (χ3v) is 6.91. The lowest BCUT2D eigenvalue weighted by molar-refractivity contribution is 0.619. The van der Waals surface area contributed by atoms with Gasteiger partial charge in [0.1, 0.15) is 16.3 Å². The molecule has 5 rings (SSSR count). The van der Waals surface area contributed by atoms with Crippen LogP contribution in [-0.2, 0) is 20.6 Å². The van der Waals surface area contributed by atoms with Crippen LogP contribution in [0.1, 0.15) is 29.2 Å². The van der Waals surface area contributed by atoms with E-state index in [0.29, 0.717) is 12.1 Å². The van der Waals surface area contributed by atoms with Crippen LogP contribution in [0, 0.1) is 0 Å². The molecule has 10 heteroatoms. The Bertz CT molecular complexity index is 1510. The minimum atomic E-state index is -0.143. The summed E-state index contributed by atoms with van der Waals surface area (Å²) >= 11 is 1.60. The summed E-state index contributed by atoms with van der Waals surface area (Å²) in [6, 6.07) is 7.92. The summed E-state index contributed by atoms with van der Waals surface area (Å²) in [4.78, 5) is 24.8. The van der Waals surface area contributed by atoms with E-state index in [1.54, 1.807) is 22.2 Å². The molecule has 0 spiro atoms. The predicted molar refractivity (Wildman–Crippen MR) is 127 cm³/mol. The number of hydrogen-bond acceptors (Lipinski definition) is 7. The summed E-state index contributed by atoms with van der Waals surface area (Å²) in [5.41, 5.74) is 3.02. The number of anilines is 1. The second kappa shape index (κ2) is 7.56. The quantitative estimate of drug-likeness (QED) is 0.411. The monoisotopic (exact) mass is 448 g/mol. The smallest absolute Gasteiger partial charge is 0.291 e. The molecular formula is C22H24N8OS. The summed E-state index contributed by atoms with van der Waals surface area (Å²) in [6.45, 7) is 2.44. The Balaban J connectivity index is 1.56. The molecule has 0 aliphatic heterocycles. The maximum atomic E-state index is 13.2. The van der Waals surface area contributed by atoms with Gasteiger partial charge in [-0.25, -0.2) is 14.6 Å². The number of thiazole rings is 1. The van der Waals surface area contributed by atoms with Gasteiger partial charge in [-0.15, -0.1) is 11.3 Å². The summed E-state index contributed by atoms with van der Waals surface area (Å²) < 4.78 is 6.02. The van der Waals surface area contributed by atoms with Crippen molar-refractivity contribution in [2.24, 2.45) is 14.1 Å². The molecule has 164 valence electrons. The van der Waals surface area contributed by atoms with Crippen molar-refractivity contribution >= 4 is 38.4 Å². The lowest BCUT2D eigenvalue weighted by Crippen LogP contribution is -2.24. The van der Waals surface area contributed by atoms with E-state index in [9.17, 15) is 4.79 Å². The van der Waals surface area contributed by atoms with E-state index in [1.165, 1.54) is 4.68 Å². The minimum Gasteiger partial charge on any atom is -0.363 e. The number of aromatic nitrogens is 7. The average molecular weight is 449 g/mol. The number of pyridine rings is 1. The predicted octanol–water partition coefficient (Wildman–Crippen LogP) is 2.74. The topological polar surface area (TPSA) is 86.7 Å². The van der Waals surface area contributed by atoms with Gasteiger partial charge in [-0.3, -0.25) is 9.48 Å². The Morgan fingerprint density at radius 3 is 2.69 bits per heavy atom. The standard InChI is InChI=1S/C22H24N8OS/c1-13(16-7-6-8-17(24-16)27(2)3)21-25-20-19(32-21)15-11-23-30(22(31)18(15)29(20)5)12-14-9-10-28(4)26-14/h6-11,13H,12H2,1-5H3. The number of rotatable bonds is 5. The fourth-order valence-electron chi connectivity index (χ4n) is 3.86. The van der Waals surface area contributed by atoms with E-state index in [2.05, 4.69) is 17.1 Å². The van der Waals surface area contributed by atoms with Crippen LogP contribution in [0.3, 0.4) is 0 Å². The zero-order valence-electron chi connectivity index (χ0n) is 18.6. The Hall–Kier alpha value is -3.53. The van der Waals surface area contributed by atoms with E-state index in [4.69, 9.17) is 9.97 Å². The third kappa shape index (κ3) is 3.27. The first-order valence-corrected chi connectivity index (χ1v) is 11.1. The molecular weight excluding hydrogens is 424 g/mol. The fourth-order valence-corrected chi connectivity index (χ4v) is 5.03. The number of nitrogens with zero attached hydrogens (tertiary/aromatic N) is 8. The zero-order chi connectivity index (χ0) is 22.6. The van der Waals surface area contributed by atoms with Crippen LogP contribution >= 0.6 is 11.3 Å². The van der Waals surface area contributed by atoms with E-state index < -0.39 is 0 Å². The highest BCUT2D eigenvalue weighted by atomic mass is 32.1. The van der Waals surface area contributed by atoms with Crippen molar-refractivity contribution in [1.29, 1.82) is 0 Å². The second-order valence-electron chi connectivity index (χ2n) is 8.15. The average Bonchev–Trinajstić information content (AvgIpc) is 3.46. The van der Waals surface area contributed by atoms with Gasteiger partial charge in [0.25, 0.3) is 5.56 Å². The molecule has 1 atom stereocenters. The molecule has 32 heavy (non-hydrogen) atoms. The highest BCUT2D eigenvalue weighted by Crippen LogP contribution is 2.35. The van der Waals surface area contributed by atoms with E-state index in [-0.39, 0.29) is 11.5 Å². The second-order valence-corrected chi connectivity index (χ2v) is 9.18. The Morgan fingerprint density at radius 1 is 1.16 bits per heavy atom. The van der Waals surface area contributed by atoms with Gasteiger partial charge < -0.3 is 9.47 Å². The first kappa shape index (κ1) is 20.4. The van der Waals surface area contributed by atoms with Crippen molar-refractivity contribution in [2.45, 2.75) is 19.4 Å².